The summed E-state index contributed by atoms with van der Waals surface area (Å²) in [5.74, 6) is 0.365. The van der Waals surface area contributed by atoms with Gasteiger partial charge in [0.1, 0.15) is 12.4 Å². The number of hydrogen-bond donors (Lipinski definition) is 1. The van der Waals surface area contributed by atoms with Crippen LogP contribution in [0.5, 0.6) is 5.75 Å². The Hall–Kier alpha value is -1.53. The minimum atomic E-state index is -3.36. The number of anilines is 1. The Morgan fingerprint density at radius 3 is 2.50 bits per heavy atom. The second kappa shape index (κ2) is 5.85. The van der Waals surface area contributed by atoms with Crippen LogP contribution in [-0.4, -0.2) is 14.7 Å². The summed E-state index contributed by atoms with van der Waals surface area (Å²) < 4.78 is 29.7. The van der Waals surface area contributed by atoms with Crippen molar-refractivity contribution < 1.29 is 13.2 Å². The molecule has 0 aliphatic heterocycles. The first kappa shape index (κ1) is 14.9. The van der Waals surface area contributed by atoms with E-state index in [0.717, 1.165) is 16.3 Å². The molecule has 6 heteroatoms. The normalized spacial score (nSPS) is 11.3. The highest BCUT2D eigenvalue weighted by molar-refractivity contribution is 9.10. The van der Waals surface area contributed by atoms with Gasteiger partial charge >= 0.3 is 0 Å². The predicted molar refractivity (Wildman–Crippen MR) is 82.4 cm³/mol. The lowest BCUT2D eigenvalue weighted by Gasteiger charge is -2.12. The van der Waals surface area contributed by atoms with Gasteiger partial charge in [-0.25, -0.2) is 8.42 Å². The Morgan fingerprint density at radius 2 is 1.85 bits per heavy atom. The van der Waals surface area contributed by atoms with E-state index in [1.807, 2.05) is 24.3 Å². The molecule has 4 nitrogen and oxygen atoms in total. The topological polar surface area (TPSA) is 69.4 Å². The molecule has 2 aromatic rings. The van der Waals surface area contributed by atoms with E-state index in [0.29, 0.717) is 12.4 Å². The van der Waals surface area contributed by atoms with Crippen LogP contribution >= 0.6 is 15.9 Å². The van der Waals surface area contributed by atoms with Crippen molar-refractivity contribution in [2.24, 2.45) is 0 Å². The van der Waals surface area contributed by atoms with Gasteiger partial charge in [-0.2, -0.15) is 0 Å². The number of rotatable bonds is 4. The lowest BCUT2D eigenvalue weighted by atomic mass is 10.2. The highest BCUT2D eigenvalue weighted by Crippen LogP contribution is 2.29. The number of ether oxygens (including phenoxy) is 1. The average Bonchev–Trinajstić information content (AvgIpc) is 2.38. The summed E-state index contributed by atoms with van der Waals surface area (Å²) in [5.41, 5.74) is 6.95. The Balaban J connectivity index is 2.25. The molecule has 0 amide bonds. The maximum atomic E-state index is 11.6. The van der Waals surface area contributed by atoms with Crippen molar-refractivity contribution in [3.8, 4) is 5.75 Å². The van der Waals surface area contributed by atoms with Gasteiger partial charge in [-0.3, -0.25) is 0 Å². The summed E-state index contributed by atoms with van der Waals surface area (Å²) in [4.78, 5) is 0.0853. The zero-order chi connectivity index (χ0) is 14.8. The third kappa shape index (κ3) is 3.32. The van der Waals surface area contributed by atoms with Crippen LogP contribution in [0.15, 0.2) is 51.8 Å². The van der Waals surface area contributed by atoms with Crippen LogP contribution in [0.1, 0.15) is 5.56 Å². The smallest absolute Gasteiger partial charge is 0.177 e. The van der Waals surface area contributed by atoms with Gasteiger partial charge in [0.2, 0.25) is 0 Å². The number of nitrogen functional groups attached to an aromatic ring is 1. The molecule has 0 fully saturated rings. The van der Waals surface area contributed by atoms with E-state index in [4.69, 9.17) is 10.5 Å². The molecule has 0 radical (unpaired) electrons. The Labute approximate surface area is 126 Å². The number of halogens is 1. The molecule has 2 rings (SSSR count). The van der Waals surface area contributed by atoms with Crippen molar-refractivity contribution in [2.45, 2.75) is 11.5 Å². The summed E-state index contributed by atoms with van der Waals surface area (Å²) in [7, 11) is -3.36. The largest absolute Gasteiger partial charge is 0.487 e. The lowest BCUT2D eigenvalue weighted by molar-refractivity contribution is 0.306. The van der Waals surface area contributed by atoms with Crippen molar-refractivity contribution in [1.29, 1.82) is 0 Å². The number of nitrogens with two attached hydrogens (primary N) is 1. The predicted octanol–water partition coefficient (Wildman–Crippen LogP) is 3.01. The molecule has 2 aromatic carbocycles. The number of sulfone groups is 1. The van der Waals surface area contributed by atoms with Crippen LogP contribution in [0.3, 0.4) is 0 Å². The van der Waals surface area contributed by atoms with E-state index >= 15 is 0 Å². The lowest BCUT2D eigenvalue weighted by Crippen LogP contribution is -2.05. The van der Waals surface area contributed by atoms with E-state index in [1.165, 1.54) is 6.07 Å². The molecule has 0 aromatic heterocycles. The Kier molecular flexibility index (Phi) is 4.35. The standard InChI is InChI=1S/C14H14BrNO3S/c1-20(17,18)13-8-4-7-12(14(13)16)19-9-10-5-2-3-6-11(10)15/h2-8H,9,16H2,1H3. The Bertz CT molecular complexity index is 729. The minimum absolute atomic E-state index is 0.0853. The summed E-state index contributed by atoms with van der Waals surface area (Å²) in [5, 5.41) is 0. The van der Waals surface area contributed by atoms with Crippen molar-refractivity contribution in [2.75, 3.05) is 12.0 Å². The molecular weight excluding hydrogens is 342 g/mol. The average molecular weight is 356 g/mol. The minimum Gasteiger partial charge on any atom is -0.487 e. The van der Waals surface area contributed by atoms with Gasteiger partial charge in [0, 0.05) is 16.3 Å². The van der Waals surface area contributed by atoms with E-state index in [2.05, 4.69) is 15.9 Å². The van der Waals surface area contributed by atoms with Crippen LogP contribution < -0.4 is 10.5 Å². The van der Waals surface area contributed by atoms with Gasteiger partial charge in [-0.1, -0.05) is 40.2 Å². The van der Waals surface area contributed by atoms with E-state index < -0.39 is 9.84 Å². The van der Waals surface area contributed by atoms with Crippen LogP contribution in [0, 0.1) is 0 Å². The zero-order valence-electron chi connectivity index (χ0n) is 10.8. The van der Waals surface area contributed by atoms with E-state index in [9.17, 15) is 8.42 Å². The molecule has 20 heavy (non-hydrogen) atoms. The van der Waals surface area contributed by atoms with Gasteiger partial charge in [0.05, 0.1) is 10.6 Å². The summed E-state index contributed by atoms with van der Waals surface area (Å²) in [6.45, 7) is 0.304. The molecule has 0 spiro atoms. The SMILES string of the molecule is CS(=O)(=O)c1cccc(OCc2ccccc2Br)c1N. The number of hydrogen-bond acceptors (Lipinski definition) is 4. The first-order valence-corrected chi connectivity index (χ1v) is 8.53. The first-order chi connectivity index (χ1) is 9.39. The van der Waals surface area contributed by atoms with Crippen molar-refractivity contribution in [3.63, 3.8) is 0 Å². The first-order valence-electron chi connectivity index (χ1n) is 5.84. The molecule has 0 saturated carbocycles. The molecule has 2 N–H and O–H groups in total. The molecule has 0 heterocycles. The third-order valence-electron chi connectivity index (χ3n) is 2.77. The molecule has 106 valence electrons. The van der Waals surface area contributed by atoms with Gasteiger partial charge < -0.3 is 10.5 Å². The number of benzene rings is 2. The van der Waals surface area contributed by atoms with Gasteiger partial charge in [-0.05, 0) is 18.2 Å². The summed E-state index contributed by atoms with van der Waals surface area (Å²) in [6, 6.07) is 12.4. The molecule has 0 atom stereocenters. The molecule has 0 saturated heterocycles. The molecule has 0 unspecified atom stereocenters. The second-order valence-electron chi connectivity index (χ2n) is 4.32. The zero-order valence-corrected chi connectivity index (χ0v) is 13.2. The quantitative estimate of drug-likeness (QED) is 0.855. The monoisotopic (exact) mass is 355 g/mol. The van der Waals surface area contributed by atoms with Crippen LogP contribution in [0.4, 0.5) is 5.69 Å². The van der Waals surface area contributed by atoms with Gasteiger partial charge in [0.25, 0.3) is 0 Å². The third-order valence-corrected chi connectivity index (χ3v) is 4.70. The van der Waals surface area contributed by atoms with Gasteiger partial charge in [0.15, 0.2) is 9.84 Å². The summed E-state index contributed by atoms with van der Waals surface area (Å²) >= 11 is 3.43. The van der Waals surface area contributed by atoms with E-state index in [1.54, 1.807) is 12.1 Å². The van der Waals surface area contributed by atoms with Crippen LogP contribution in [-0.2, 0) is 16.4 Å². The van der Waals surface area contributed by atoms with E-state index in [-0.39, 0.29) is 10.6 Å². The fraction of sp³-hybridized carbons (Fsp3) is 0.143. The maximum Gasteiger partial charge on any atom is 0.177 e. The molecular formula is C14H14BrNO3S. The van der Waals surface area contributed by atoms with Crippen LogP contribution in [0.25, 0.3) is 0 Å². The van der Waals surface area contributed by atoms with Crippen molar-refractivity contribution >= 4 is 31.5 Å². The van der Waals surface area contributed by atoms with Crippen molar-refractivity contribution in [3.05, 3.63) is 52.5 Å². The van der Waals surface area contributed by atoms with Crippen molar-refractivity contribution in [1.82, 2.24) is 0 Å². The van der Waals surface area contributed by atoms with Crippen LogP contribution in [0.2, 0.25) is 0 Å². The highest BCUT2D eigenvalue weighted by atomic mass is 79.9. The summed E-state index contributed by atoms with van der Waals surface area (Å²) in [6.07, 6.45) is 1.12. The fourth-order valence-corrected chi connectivity index (χ4v) is 2.97. The fourth-order valence-electron chi connectivity index (χ4n) is 1.74. The maximum absolute atomic E-state index is 11.6. The highest BCUT2D eigenvalue weighted by Gasteiger charge is 2.15. The molecule has 0 bridgehead atoms. The van der Waals surface area contributed by atoms with Gasteiger partial charge in [-0.15, -0.1) is 0 Å². The number of para-hydroxylation sites is 1. The molecule has 0 aliphatic carbocycles. The second-order valence-corrected chi connectivity index (χ2v) is 7.16. The molecule has 0 aliphatic rings. The Morgan fingerprint density at radius 1 is 1.15 bits per heavy atom.